The van der Waals surface area contributed by atoms with E-state index in [-0.39, 0.29) is 29.8 Å². The molecule has 0 radical (unpaired) electrons. The molecule has 2 aromatic heterocycles. The van der Waals surface area contributed by atoms with Crippen molar-refractivity contribution in [2.45, 2.75) is 38.1 Å². The van der Waals surface area contributed by atoms with E-state index in [1.807, 2.05) is 38.1 Å². The first-order chi connectivity index (χ1) is 17.7. The summed E-state index contributed by atoms with van der Waals surface area (Å²) in [6.07, 6.45) is 2.59. The Labute approximate surface area is 225 Å². The molecule has 1 aliphatic heterocycles. The zero-order valence-electron chi connectivity index (χ0n) is 20.6. The van der Waals surface area contributed by atoms with E-state index in [0.29, 0.717) is 29.5 Å². The van der Waals surface area contributed by atoms with Gasteiger partial charge in [0, 0.05) is 30.2 Å². The Kier molecular flexibility index (Phi) is 7.31. The molecule has 0 unspecified atom stereocenters. The molecule has 0 atom stereocenters. The van der Waals surface area contributed by atoms with Gasteiger partial charge in [-0.3, -0.25) is 14.7 Å². The van der Waals surface area contributed by atoms with Crippen LogP contribution in [0, 0.1) is 19.8 Å². The molecule has 0 N–H and O–H groups in total. The number of fused-ring (bicyclic) bond motifs is 1. The normalized spacial score (nSPS) is 15.2. The third-order valence-corrected chi connectivity index (χ3v) is 10.1. The van der Waals surface area contributed by atoms with Crippen LogP contribution in [0.4, 0.5) is 5.13 Å². The molecule has 2 aromatic carbocycles. The number of thiazole rings is 1. The molecule has 1 saturated heterocycles. The van der Waals surface area contributed by atoms with Gasteiger partial charge < -0.3 is 0 Å². The average Bonchev–Trinajstić information content (AvgIpc) is 3.37. The van der Waals surface area contributed by atoms with Crippen LogP contribution in [0.3, 0.4) is 0 Å². The number of hydrogen-bond donors (Lipinski definition) is 0. The third kappa shape index (κ3) is 5.27. The topological polar surface area (TPSA) is 83.5 Å². The lowest BCUT2D eigenvalue weighted by Gasteiger charge is -2.33. The molecular weight excluding hydrogens is 528 g/mol. The quantitative estimate of drug-likeness (QED) is 0.310. The lowest BCUT2D eigenvalue weighted by Crippen LogP contribution is -2.44. The molecule has 5 rings (SSSR count). The number of carbonyl (C=O) groups is 1. The lowest BCUT2D eigenvalue weighted by atomic mass is 9.96. The molecule has 37 heavy (non-hydrogen) atoms. The molecule has 0 aliphatic carbocycles. The first kappa shape index (κ1) is 25.8. The first-order valence-electron chi connectivity index (χ1n) is 12.1. The molecule has 0 saturated carbocycles. The van der Waals surface area contributed by atoms with E-state index in [9.17, 15) is 13.2 Å². The maximum atomic E-state index is 13.9. The number of carbonyl (C=O) groups excluding carboxylic acids is 1. The number of anilines is 1. The Morgan fingerprint density at radius 2 is 1.76 bits per heavy atom. The van der Waals surface area contributed by atoms with Crippen molar-refractivity contribution in [3.8, 4) is 0 Å². The minimum Gasteiger partial charge on any atom is -0.282 e. The monoisotopic (exact) mass is 554 g/mol. The number of amides is 1. The maximum absolute atomic E-state index is 13.9. The number of nitrogens with zero attached hydrogens (tertiary/aromatic N) is 4. The van der Waals surface area contributed by atoms with Crippen LogP contribution < -0.4 is 4.90 Å². The number of halogens is 1. The summed E-state index contributed by atoms with van der Waals surface area (Å²) in [5, 5.41) is 1.12. The zero-order valence-corrected chi connectivity index (χ0v) is 23.0. The van der Waals surface area contributed by atoms with E-state index in [4.69, 9.17) is 16.6 Å². The van der Waals surface area contributed by atoms with E-state index in [1.54, 1.807) is 23.2 Å². The fourth-order valence-electron chi connectivity index (χ4n) is 4.58. The summed E-state index contributed by atoms with van der Waals surface area (Å²) in [5.74, 6) is -0.363. The highest BCUT2D eigenvalue weighted by Gasteiger charge is 2.35. The predicted molar refractivity (Wildman–Crippen MR) is 147 cm³/mol. The van der Waals surface area contributed by atoms with Crippen LogP contribution in [0.1, 0.15) is 29.7 Å². The van der Waals surface area contributed by atoms with Crippen molar-refractivity contribution in [1.82, 2.24) is 14.3 Å². The summed E-state index contributed by atoms with van der Waals surface area (Å²) in [4.78, 5) is 25.1. The predicted octanol–water partition coefficient (Wildman–Crippen LogP) is 5.60. The first-order valence-corrected chi connectivity index (χ1v) is 14.7. The highest BCUT2D eigenvalue weighted by Crippen LogP contribution is 2.35. The molecule has 192 valence electrons. The Balaban J connectivity index is 1.39. The lowest BCUT2D eigenvalue weighted by molar-refractivity contribution is -0.123. The van der Waals surface area contributed by atoms with Gasteiger partial charge in [0.2, 0.25) is 15.9 Å². The minimum absolute atomic E-state index is 0.0523. The van der Waals surface area contributed by atoms with Crippen LogP contribution in [-0.4, -0.2) is 41.7 Å². The van der Waals surface area contributed by atoms with Crippen LogP contribution in [0.2, 0.25) is 5.02 Å². The highest BCUT2D eigenvalue weighted by atomic mass is 35.5. The molecule has 4 aromatic rings. The smallest absolute Gasteiger partial charge is 0.243 e. The van der Waals surface area contributed by atoms with E-state index < -0.39 is 10.0 Å². The van der Waals surface area contributed by atoms with Gasteiger partial charge in [-0.15, -0.1) is 0 Å². The molecule has 10 heteroatoms. The standard InChI is InChI=1S/C27H27ClN4O3S2/c1-18-6-7-19(2)25-24(18)30-27(36-25)32(17-22-5-3-4-14-29-22)26(33)20-12-15-31(16-13-20)37(34,35)23-10-8-21(28)9-11-23/h3-11,14,20H,12-13,15-17H2,1-2H3. The van der Waals surface area contributed by atoms with Gasteiger partial charge in [-0.1, -0.05) is 41.1 Å². The van der Waals surface area contributed by atoms with Crippen LogP contribution in [0.25, 0.3) is 10.2 Å². The van der Waals surface area contributed by atoms with Gasteiger partial charge in [0.15, 0.2) is 5.13 Å². The fraction of sp³-hybridized carbons (Fsp3) is 0.296. The molecule has 1 amide bonds. The van der Waals surface area contributed by atoms with Crippen molar-refractivity contribution in [2.24, 2.45) is 5.92 Å². The van der Waals surface area contributed by atoms with E-state index in [1.165, 1.54) is 27.8 Å². The Morgan fingerprint density at radius 1 is 1.05 bits per heavy atom. The second-order valence-corrected chi connectivity index (χ2v) is 12.6. The Morgan fingerprint density at radius 3 is 2.41 bits per heavy atom. The summed E-state index contributed by atoms with van der Waals surface area (Å²) in [6.45, 7) is 4.92. The Hall–Kier alpha value is -2.85. The second kappa shape index (κ2) is 10.5. The number of hydrogen-bond acceptors (Lipinski definition) is 6. The second-order valence-electron chi connectivity index (χ2n) is 9.25. The van der Waals surface area contributed by atoms with Gasteiger partial charge >= 0.3 is 0 Å². The van der Waals surface area contributed by atoms with Crippen molar-refractivity contribution in [3.05, 3.63) is 82.6 Å². The van der Waals surface area contributed by atoms with Gasteiger partial charge in [0.25, 0.3) is 0 Å². The van der Waals surface area contributed by atoms with E-state index >= 15 is 0 Å². The van der Waals surface area contributed by atoms with Gasteiger partial charge in [0.05, 0.1) is 27.4 Å². The molecule has 7 nitrogen and oxygen atoms in total. The summed E-state index contributed by atoms with van der Waals surface area (Å²) in [7, 11) is -3.65. The van der Waals surface area contributed by atoms with Crippen molar-refractivity contribution in [2.75, 3.05) is 18.0 Å². The number of benzene rings is 2. The van der Waals surface area contributed by atoms with E-state index in [0.717, 1.165) is 27.0 Å². The summed E-state index contributed by atoms with van der Waals surface area (Å²) < 4.78 is 28.7. The minimum atomic E-state index is -3.65. The molecule has 3 heterocycles. The number of aryl methyl sites for hydroxylation is 2. The number of pyridine rings is 1. The van der Waals surface area contributed by atoms with E-state index in [2.05, 4.69) is 11.1 Å². The number of piperidine rings is 1. The van der Waals surface area contributed by atoms with Gasteiger partial charge in [-0.25, -0.2) is 13.4 Å². The number of rotatable bonds is 6. The third-order valence-electron chi connectivity index (χ3n) is 6.73. The maximum Gasteiger partial charge on any atom is 0.243 e. The number of aromatic nitrogens is 2. The number of sulfonamides is 1. The van der Waals surface area contributed by atoms with Crippen LogP contribution >= 0.6 is 22.9 Å². The summed E-state index contributed by atoms with van der Waals surface area (Å²) in [5.41, 5.74) is 3.86. The van der Waals surface area contributed by atoms with Crippen molar-refractivity contribution < 1.29 is 13.2 Å². The van der Waals surface area contributed by atoms with Gasteiger partial charge in [-0.05, 0) is 74.2 Å². The van der Waals surface area contributed by atoms with Crippen LogP contribution in [0.15, 0.2) is 65.7 Å². The molecule has 1 fully saturated rings. The van der Waals surface area contributed by atoms with Gasteiger partial charge in [0.1, 0.15) is 0 Å². The Bertz CT molecular complexity index is 1490. The average molecular weight is 555 g/mol. The van der Waals surface area contributed by atoms with Crippen LogP contribution in [0.5, 0.6) is 0 Å². The largest absolute Gasteiger partial charge is 0.282 e. The van der Waals surface area contributed by atoms with Crippen molar-refractivity contribution in [3.63, 3.8) is 0 Å². The molecule has 0 bridgehead atoms. The van der Waals surface area contributed by atoms with Crippen LogP contribution in [-0.2, 0) is 21.4 Å². The molecule has 1 aliphatic rings. The zero-order chi connectivity index (χ0) is 26.2. The SMILES string of the molecule is Cc1ccc(C)c2sc(N(Cc3ccccn3)C(=O)C3CCN(S(=O)(=O)c4ccc(Cl)cc4)CC3)nc12. The molecule has 0 spiro atoms. The molecular formula is C27H27ClN4O3S2. The van der Waals surface area contributed by atoms with Crippen molar-refractivity contribution >= 4 is 54.2 Å². The van der Waals surface area contributed by atoms with Gasteiger partial charge in [-0.2, -0.15) is 4.31 Å². The van der Waals surface area contributed by atoms with Crippen molar-refractivity contribution in [1.29, 1.82) is 0 Å². The fourth-order valence-corrected chi connectivity index (χ4v) is 7.29. The summed E-state index contributed by atoms with van der Waals surface area (Å²) >= 11 is 7.43. The summed E-state index contributed by atoms with van der Waals surface area (Å²) in [6, 6.07) is 15.9. The highest BCUT2D eigenvalue weighted by molar-refractivity contribution is 7.89.